The Kier molecular flexibility index (Phi) is 5.81. The number of hydrogen-bond acceptors (Lipinski definition) is 6. The summed E-state index contributed by atoms with van der Waals surface area (Å²) in [7, 11) is 0. The molecule has 0 aliphatic rings. The van der Waals surface area contributed by atoms with E-state index in [4.69, 9.17) is 31.9 Å². The van der Waals surface area contributed by atoms with Crippen LogP contribution in [0.5, 0.6) is 5.75 Å². The molecule has 0 saturated carbocycles. The van der Waals surface area contributed by atoms with Crippen LogP contribution in [-0.4, -0.2) is 40.4 Å². The summed E-state index contributed by atoms with van der Waals surface area (Å²) < 4.78 is 10.3. The molecule has 1 amide bonds. The highest BCUT2D eigenvalue weighted by Crippen LogP contribution is 2.23. The number of anilines is 1. The van der Waals surface area contributed by atoms with Crippen molar-refractivity contribution in [3.63, 3.8) is 0 Å². The first kappa shape index (κ1) is 17.8. The second-order valence-corrected chi connectivity index (χ2v) is 5.78. The number of halogens is 1. The molecule has 0 aromatic carbocycles. The molecule has 0 fully saturated rings. The molecule has 1 aromatic heterocycles. The molecule has 122 valence electrons. The molecule has 0 aliphatic heterocycles. The lowest BCUT2D eigenvalue weighted by molar-refractivity contribution is -0.140. The second-order valence-electron chi connectivity index (χ2n) is 5.39. The highest BCUT2D eigenvalue weighted by Gasteiger charge is 2.24. The molecule has 1 heterocycles. The maximum absolute atomic E-state index is 11.6. The average Bonchev–Trinajstić information content (AvgIpc) is 2.35. The first-order valence-corrected chi connectivity index (χ1v) is 6.72. The van der Waals surface area contributed by atoms with Gasteiger partial charge in [-0.15, -0.1) is 0 Å². The Labute approximate surface area is 132 Å². The maximum atomic E-state index is 11.6. The van der Waals surface area contributed by atoms with Gasteiger partial charge in [-0.3, -0.25) is 0 Å². The van der Waals surface area contributed by atoms with Gasteiger partial charge in [0.25, 0.3) is 0 Å². The molecule has 0 spiro atoms. The predicted octanol–water partition coefficient (Wildman–Crippen LogP) is 1.67. The minimum Gasteiger partial charge on any atom is -0.488 e. The fourth-order valence-corrected chi connectivity index (χ4v) is 1.49. The molecule has 1 atom stereocenters. The zero-order chi connectivity index (χ0) is 16.9. The molecule has 1 unspecified atom stereocenters. The summed E-state index contributed by atoms with van der Waals surface area (Å²) in [6.07, 6.45) is 0.429. The fourth-order valence-electron chi connectivity index (χ4n) is 1.35. The van der Waals surface area contributed by atoms with Crippen LogP contribution in [0.25, 0.3) is 0 Å². The van der Waals surface area contributed by atoms with Crippen molar-refractivity contribution in [2.24, 2.45) is 0 Å². The van der Waals surface area contributed by atoms with E-state index in [2.05, 4.69) is 10.3 Å². The lowest BCUT2D eigenvalue weighted by Crippen LogP contribution is -2.46. The standard InChI is InChI=1S/C13H18ClN3O5/c1-13(2,3)22-12(20)17-8(11(18)19)6-21-9-4-10(14)16-5-7(9)15/h4-5,8H,6,15H2,1-3H3,(H,17,20)(H,18,19). The number of nitrogens with zero attached hydrogens (tertiary/aromatic N) is 1. The molecule has 0 bridgehead atoms. The van der Waals surface area contributed by atoms with Crippen molar-refractivity contribution in [2.75, 3.05) is 12.3 Å². The van der Waals surface area contributed by atoms with E-state index in [-0.39, 0.29) is 23.2 Å². The Balaban J connectivity index is 2.67. The van der Waals surface area contributed by atoms with E-state index in [9.17, 15) is 9.59 Å². The smallest absolute Gasteiger partial charge is 0.408 e. The number of amides is 1. The Morgan fingerprint density at radius 1 is 1.50 bits per heavy atom. The highest BCUT2D eigenvalue weighted by atomic mass is 35.5. The molecular weight excluding hydrogens is 314 g/mol. The number of carbonyl (C=O) groups is 2. The van der Waals surface area contributed by atoms with Crippen LogP contribution in [0.15, 0.2) is 12.3 Å². The van der Waals surface area contributed by atoms with Gasteiger partial charge in [0.1, 0.15) is 23.1 Å². The van der Waals surface area contributed by atoms with Gasteiger partial charge in [0.15, 0.2) is 6.04 Å². The summed E-state index contributed by atoms with van der Waals surface area (Å²) in [5, 5.41) is 11.5. The molecule has 0 radical (unpaired) electrons. The van der Waals surface area contributed by atoms with Gasteiger partial charge in [-0.05, 0) is 20.8 Å². The Hall–Kier alpha value is -2.22. The molecule has 1 rings (SSSR count). The summed E-state index contributed by atoms with van der Waals surface area (Å²) in [6.45, 7) is 4.65. The summed E-state index contributed by atoms with van der Waals surface area (Å²) >= 11 is 5.70. The number of rotatable bonds is 5. The average molecular weight is 332 g/mol. The van der Waals surface area contributed by atoms with E-state index in [1.165, 1.54) is 12.3 Å². The van der Waals surface area contributed by atoms with Crippen molar-refractivity contribution in [1.29, 1.82) is 0 Å². The second kappa shape index (κ2) is 7.17. The summed E-state index contributed by atoms with van der Waals surface area (Å²) in [4.78, 5) is 26.5. The van der Waals surface area contributed by atoms with E-state index in [1.54, 1.807) is 20.8 Å². The van der Waals surface area contributed by atoms with Gasteiger partial charge < -0.3 is 25.6 Å². The lowest BCUT2D eigenvalue weighted by Gasteiger charge is -2.22. The van der Waals surface area contributed by atoms with Gasteiger partial charge in [-0.1, -0.05) is 11.6 Å². The van der Waals surface area contributed by atoms with Crippen molar-refractivity contribution < 1.29 is 24.2 Å². The van der Waals surface area contributed by atoms with Crippen molar-refractivity contribution in [3.8, 4) is 5.75 Å². The van der Waals surface area contributed by atoms with Crippen LogP contribution < -0.4 is 15.8 Å². The number of alkyl carbamates (subject to hydrolysis) is 1. The number of nitrogen functional groups attached to an aromatic ring is 1. The molecule has 1 aromatic rings. The predicted molar refractivity (Wildman–Crippen MR) is 79.9 cm³/mol. The lowest BCUT2D eigenvalue weighted by atomic mass is 10.2. The third-order valence-corrected chi connectivity index (χ3v) is 2.46. The van der Waals surface area contributed by atoms with Crippen molar-refractivity contribution >= 4 is 29.4 Å². The zero-order valence-electron chi connectivity index (χ0n) is 12.4. The monoisotopic (exact) mass is 331 g/mol. The molecular formula is C13H18ClN3O5. The number of aliphatic carboxylic acids is 1. The Morgan fingerprint density at radius 3 is 2.68 bits per heavy atom. The Bertz CT molecular complexity index is 559. The first-order chi connectivity index (χ1) is 10.1. The number of carboxylic acid groups (broad SMARTS) is 1. The summed E-state index contributed by atoms with van der Waals surface area (Å²) in [5.41, 5.74) is 5.09. The molecule has 0 saturated heterocycles. The number of ether oxygens (including phenoxy) is 2. The van der Waals surface area contributed by atoms with E-state index in [1.807, 2.05) is 0 Å². The van der Waals surface area contributed by atoms with Crippen LogP contribution >= 0.6 is 11.6 Å². The number of carbonyl (C=O) groups excluding carboxylic acids is 1. The molecule has 8 nitrogen and oxygen atoms in total. The normalized spacial score (nSPS) is 12.4. The van der Waals surface area contributed by atoms with Crippen LogP contribution in [0.2, 0.25) is 5.15 Å². The van der Waals surface area contributed by atoms with Crippen LogP contribution in [-0.2, 0) is 9.53 Å². The number of pyridine rings is 1. The summed E-state index contributed by atoms with van der Waals surface area (Å²) in [5.74, 6) is -1.10. The van der Waals surface area contributed by atoms with Crippen LogP contribution in [0, 0.1) is 0 Å². The number of nitrogens with one attached hydrogen (secondary N) is 1. The number of aromatic nitrogens is 1. The van der Waals surface area contributed by atoms with E-state index < -0.39 is 23.7 Å². The minimum atomic E-state index is -1.30. The van der Waals surface area contributed by atoms with Crippen LogP contribution in [0.4, 0.5) is 10.5 Å². The minimum absolute atomic E-state index is 0.149. The van der Waals surface area contributed by atoms with Gasteiger partial charge in [0.05, 0.1) is 11.9 Å². The van der Waals surface area contributed by atoms with Gasteiger partial charge in [-0.25, -0.2) is 14.6 Å². The van der Waals surface area contributed by atoms with Gasteiger partial charge >= 0.3 is 12.1 Å². The quantitative estimate of drug-likeness (QED) is 0.701. The number of hydrogen-bond donors (Lipinski definition) is 3. The maximum Gasteiger partial charge on any atom is 0.408 e. The third kappa shape index (κ3) is 6.04. The molecule has 22 heavy (non-hydrogen) atoms. The van der Waals surface area contributed by atoms with Gasteiger partial charge in [-0.2, -0.15) is 0 Å². The molecule has 0 aliphatic carbocycles. The SMILES string of the molecule is CC(C)(C)OC(=O)NC(COc1cc(Cl)ncc1N)C(=O)O. The van der Waals surface area contributed by atoms with E-state index in [0.717, 1.165) is 0 Å². The van der Waals surface area contributed by atoms with E-state index >= 15 is 0 Å². The van der Waals surface area contributed by atoms with E-state index in [0.29, 0.717) is 0 Å². The number of carboxylic acids is 1. The zero-order valence-corrected chi connectivity index (χ0v) is 13.2. The third-order valence-electron chi connectivity index (χ3n) is 2.26. The van der Waals surface area contributed by atoms with Crippen LogP contribution in [0.1, 0.15) is 20.8 Å². The van der Waals surface area contributed by atoms with Gasteiger partial charge in [0, 0.05) is 6.07 Å². The first-order valence-electron chi connectivity index (χ1n) is 6.34. The number of nitrogens with two attached hydrogens (primary N) is 1. The fraction of sp³-hybridized carbons (Fsp3) is 0.462. The largest absolute Gasteiger partial charge is 0.488 e. The summed E-state index contributed by atoms with van der Waals surface area (Å²) in [6, 6.07) is 0.0460. The molecule has 9 heteroatoms. The van der Waals surface area contributed by atoms with Crippen molar-refractivity contribution in [1.82, 2.24) is 10.3 Å². The highest BCUT2D eigenvalue weighted by molar-refractivity contribution is 6.29. The van der Waals surface area contributed by atoms with Gasteiger partial charge in [0.2, 0.25) is 0 Å². The van der Waals surface area contributed by atoms with Crippen molar-refractivity contribution in [2.45, 2.75) is 32.4 Å². The topological polar surface area (TPSA) is 124 Å². The van der Waals surface area contributed by atoms with Crippen LogP contribution in [0.3, 0.4) is 0 Å². The van der Waals surface area contributed by atoms with Crippen molar-refractivity contribution in [3.05, 3.63) is 17.4 Å². The Morgan fingerprint density at radius 2 is 2.14 bits per heavy atom. The molecule has 4 N–H and O–H groups in total.